The summed E-state index contributed by atoms with van der Waals surface area (Å²) >= 11 is 8.99. The van der Waals surface area contributed by atoms with Crippen LogP contribution in [-0.4, -0.2) is 11.2 Å². The molecule has 0 fully saturated rings. The largest absolute Gasteiger partial charge is 0.368 e. The zero-order valence-corrected chi connectivity index (χ0v) is 8.80. The Morgan fingerprint density at radius 1 is 1.62 bits per heavy atom. The summed E-state index contributed by atoms with van der Waals surface area (Å²) in [5.41, 5.74) is 7.55. The number of hydrogen-bond donors (Lipinski definition) is 3. The second-order valence-electron chi connectivity index (χ2n) is 2.21. The molecule has 0 aliphatic heterocycles. The highest BCUT2D eigenvalue weighted by atomic mass is 79.9. The lowest BCUT2D eigenvalue weighted by atomic mass is 10.3. The average molecular weight is 265 g/mol. The van der Waals surface area contributed by atoms with Gasteiger partial charge in [-0.1, -0.05) is 11.6 Å². The molecule has 0 amide bonds. The van der Waals surface area contributed by atoms with Crippen LogP contribution in [0, 0.1) is 0 Å². The van der Waals surface area contributed by atoms with Crippen molar-refractivity contribution in [3.8, 4) is 0 Å². The predicted octanol–water partition coefficient (Wildman–Crippen LogP) is 2.03. The number of guanidine groups is 1. The van der Waals surface area contributed by atoms with Gasteiger partial charge in [-0.2, -0.15) is 0 Å². The molecule has 0 aromatic heterocycles. The lowest BCUT2D eigenvalue weighted by Crippen LogP contribution is -2.27. The highest BCUT2D eigenvalue weighted by Crippen LogP contribution is 2.26. The quantitative estimate of drug-likeness (QED) is 0.413. The average Bonchev–Trinajstić information content (AvgIpc) is 2.11. The van der Waals surface area contributed by atoms with Gasteiger partial charge in [0.05, 0.1) is 10.7 Å². The Labute approximate surface area is 88.5 Å². The molecular formula is C7H7BrClN3O. The number of nitrogens with zero attached hydrogens (tertiary/aromatic N) is 1. The van der Waals surface area contributed by atoms with E-state index in [4.69, 9.17) is 22.5 Å². The predicted molar refractivity (Wildman–Crippen MR) is 55.4 cm³/mol. The molecular weight excluding hydrogens is 257 g/mol. The summed E-state index contributed by atoms with van der Waals surface area (Å²) in [4.78, 5) is 3.82. The Morgan fingerprint density at radius 3 is 2.85 bits per heavy atom. The van der Waals surface area contributed by atoms with Gasteiger partial charge in [-0.3, -0.25) is 5.21 Å². The van der Waals surface area contributed by atoms with Crippen LogP contribution in [0.25, 0.3) is 0 Å². The zero-order valence-electron chi connectivity index (χ0n) is 6.46. The first-order valence-electron chi connectivity index (χ1n) is 3.33. The molecule has 1 rings (SSSR count). The fourth-order valence-corrected chi connectivity index (χ4v) is 1.20. The number of benzene rings is 1. The SMILES string of the molecule is NC(=Nc1ccc(Cl)c(Br)c1)NO. The fourth-order valence-electron chi connectivity index (χ4n) is 0.719. The molecule has 4 nitrogen and oxygen atoms in total. The smallest absolute Gasteiger partial charge is 0.218 e. The van der Waals surface area contributed by atoms with Crippen LogP contribution in [0.2, 0.25) is 5.02 Å². The van der Waals surface area contributed by atoms with Gasteiger partial charge in [-0.25, -0.2) is 10.5 Å². The minimum Gasteiger partial charge on any atom is -0.368 e. The summed E-state index contributed by atoms with van der Waals surface area (Å²) in [6.07, 6.45) is 0. The summed E-state index contributed by atoms with van der Waals surface area (Å²) in [5.74, 6) is -0.0748. The van der Waals surface area contributed by atoms with E-state index in [1.807, 2.05) is 0 Å². The molecule has 0 atom stereocenters. The van der Waals surface area contributed by atoms with E-state index < -0.39 is 0 Å². The second kappa shape index (κ2) is 4.45. The van der Waals surface area contributed by atoms with Crippen LogP contribution in [-0.2, 0) is 0 Å². The van der Waals surface area contributed by atoms with Crippen molar-refractivity contribution < 1.29 is 5.21 Å². The van der Waals surface area contributed by atoms with Gasteiger partial charge in [0, 0.05) is 4.47 Å². The normalized spacial score (nSPS) is 11.5. The first kappa shape index (κ1) is 10.3. The van der Waals surface area contributed by atoms with E-state index in [2.05, 4.69) is 20.9 Å². The van der Waals surface area contributed by atoms with Gasteiger partial charge in [0.15, 0.2) is 0 Å². The third-order valence-electron chi connectivity index (χ3n) is 1.27. The molecule has 0 saturated carbocycles. The Hall–Kier alpha value is -0.780. The standard InChI is InChI=1S/C7H7BrClN3O/c8-5-3-4(1-2-6(5)9)11-7(10)12-13/h1-3,13H,(H3,10,11,12). The van der Waals surface area contributed by atoms with Gasteiger partial charge in [0.2, 0.25) is 5.96 Å². The maximum absolute atomic E-state index is 8.38. The van der Waals surface area contributed by atoms with Crippen LogP contribution < -0.4 is 11.2 Å². The lowest BCUT2D eigenvalue weighted by molar-refractivity contribution is 0.233. The Morgan fingerprint density at radius 2 is 2.31 bits per heavy atom. The maximum Gasteiger partial charge on any atom is 0.218 e. The molecule has 1 aromatic rings. The van der Waals surface area contributed by atoms with Crippen molar-refractivity contribution in [2.75, 3.05) is 0 Å². The van der Waals surface area contributed by atoms with E-state index in [1.54, 1.807) is 23.7 Å². The molecule has 0 aliphatic rings. The van der Waals surface area contributed by atoms with Gasteiger partial charge < -0.3 is 5.73 Å². The molecule has 13 heavy (non-hydrogen) atoms. The molecule has 6 heteroatoms. The number of nitrogens with two attached hydrogens (primary N) is 1. The van der Waals surface area contributed by atoms with Crippen molar-refractivity contribution >= 4 is 39.2 Å². The van der Waals surface area contributed by atoms with E-state index >= 15 is 0 Å². The lowest BCUT2D eigenvalue weighted by Gasteiger charge is -1.99. The van der Waals surface area contributed by atoms with Crippen LogP contribution in [0.15, 0.2) is 27.7 Å². The summed E-state index contributed by atoms with van der Waals surface area (Å²) < 4.78 is 0.723. The Balaban J connectivity index is 2.98. The molecule has 4 N–H and O–H groups in total. The van der Waals surface area contributed by atoms with E-state index in [9.17, 15) is 0 Å². The van der Waals surface area contributed by atoms with Gasteiger partial charge in [-0.05, 0) is 34.1 Å². The maximum atomic E-state index is 8.38. The van der Waals surface area contributed by atoms with E-state index in [-0.39, 0.29) is 5.96 Å². The molecule has 0 radical (unpaired) electrons. The van der Waals surface area contributed by atoms with E-state index in [0.29, 0.717) is 10.7 Å². The van der Waals surface area contributed by atoms with Crippen molar-refractivity contribution in [2.24, 2.45) is 10.7 Å². The number of halogens is 2. The minimum absolute atomic E-state index is 0.0748. The fraction of sp³-hybridized carbons (Fsp3) is 0. The highest BCUT2D eigenvalue weighted by Gasteiger charge is 1.98. The molecule has 0 saturated heterocycles. The van der Waals surface area contributed by atoms with Gasteiger partial charge in [0.1, 0.15) is 0 Å². The third-order valence-corrected chi connectivity index (χ3v) is 2.48. The molecule has 0 heterocycles. The number of nitrogens with one attached hydrogen (secondary N) is 1. The second-order valence-corrected chi connectivity index (χ2v) is 3.47. The van der Waals surface area contributed by atoms with E-state index in [0.717, 1.165) is 4.47 Å². The first-order valence-corrected chi connectivity index (χ1v) is 4.50. The van der Waals surface area contributed by atoms with Crippen LogP contribution in [0.4, 0.5) is 5.69 Å². The Kier molecular flexibility index (Phi) is 3.53. The minimum atomic E-state index is -0.0748. The van der Waals surface area contributed by atoms with Crippen molar-refractivity contribution in [1.82, 2.24) is 5.48 Å². The van der Waals surface area contributed by atoms with Crippen LogP contribution >= 0.6 is 27.5 Å². The van der Waals surface area contributed by atoms with E-state index in [1.165, 1.54) is 0 Å². The summed E-state index contributed by atoms with van der Waals surface area (Å²) in [6.45, 7) is 0. The molecule has 70 valence electrons. The van der Waals surface area contributed by atoms with Crippen molar-refractivity contribution in [3.05, 3.63) is 27.7 Å². The Bertz CT molecular complexity index is 343. The monoisotopic (exact) mass is 263 g/mol. The molecule has 0 aliphatic carbocycles. The topological polar surface area (TPSA) is 70.6 Å². The summed E-state index contributed by atoms with van der Waals surface area (Å²) in [6, 6.07) is 5.04. The number of hydroxylamine groups is 1. The molecule has 0 unspecified atom stereocenters. The van der Waals surface area contributed by atoms with Gasteiger partial charge >= 0.3 is 0 Å². The van der Waals surface area contributed by atoms with Gasteiger partial charge in [0.25, 0.3) is 0 Å². The number of aliphatic imine (C=N–C) groups is 1. The summed E-state index contributed by atoms with van der Waals surface area (Å²) in [7, 11) is 0. The zero-order chi connectivity index (χ0) is 9.84. The summed E-state index contributed by atoms with van der Waals surface area (Å²) in [5, 5.41) is 8.97. The van der Waals surface area contributed by atoms with Crippen LogP contribution in [0.1, 0.15) is 0 Å². The van der Waals surface area contributed by atoms with Gasteiger partial charge in [-0.15, -0.1) is 0 Å². The van der Waals surface area contributed by atoms with Crippen LogP contribution in [0.5, 0.6) is 0 Å². The highest BCUT2D eigenvalue weighted by molar-refractivity contribution is 9.10. The molecule has 1 aromatic carbocycles. The molecule has 0 bridgehead atoms. The number of rotatable bonds is 1. The molecule has 0 spiro atoms. The van der Waals surface area contributed by atoms with Crippen molar-refractivity contribution in [2.45, 2.75) is 0 Å². The van der Waals surface area contributed by atoms with Crippen molar-refractivity contribution in [1.29, 1.82) is 0 Å². The number of hydrogen-bond acceptors (Lipinski definition) is 2. The van der Waals surface area contributed by atoms with Crippen molar-refractivity contribution in [3.63, 3.8) is 0 Å². The van der Waals surface area contributed by atoms with Crippen LogP contribution in [0.3, 0.4) is 0 Å². The third kappa shape index (κ3) is 2.87. The first-order chi connectivity index (χ1) is 6.13.